The van der Waals surface area contributed by atoms with E-state index in [-0.39, 0.29) is 11.4 Å². The van der Waals surface area contributed by atoms with Crippen LogP contribution in [0.25, 0.3) is 0 Å². The molecule has 0 fully saturated rings. The van der Waals surface area contributed by atoms with Crippen LogP contribution in [0.1, 0.15) is 26.5 Å². The average Bonchev–Trinajstić information content (AvgIpc) is 2.75. The first-order chi connectivity index (χ1) is 9.32. The van der Waals surface area contributed by atoms with Gasteiger partial charge in [0, 0.05) is 38.1 Å². The van der Waals surface area contributed by atoms with E-state index in [0.29, 0.717) is 19.1 Å². The molecule has 5 nitrogen and oxygen atoms in total. The Kier molecular flexibility index (Phi) is 5.81. The summed E-state index contributed by atoms with van der Waals surface area (Å²) in [6.45, 7) is 6.96. The van der Waals surface area contributed by atoms with Crippen LogP contribution in [0, 0.1) is 12.3 Å². The standard InChI is InChI=1S/C14H23N3O2S/c1-6-8-17(7-2)20(18,19)14-9-13(16(5)11-14)10-15-12(3)4/h1,9,11-12,15H,7-8,10H2,2-5H3. The van der Waals surface area contributed by atoms with E-state index in [1.54, 1.807) is 19.2 Å². The summed E-state index contributed by atoms with van der Waals surface area (Å²) in [7, 11) is -1.67. The molecule has 1 rings (SSSR count). The summed E-state index contributed by atoms with van der Waals surface area (Å²) in [4.78, 5) is 0.289. The molecule has 6 heteroatoms. The van der Waals surface area contributed by atoms with Gasteiger partial charge in [-0.15, -0.1) is 6.42 Å². The van der Waals surface area contributed by atoms with Gasteiger partial charge in [-0.05, 0) is 6.07 Å². The minimum atomic E-state index is -3.51. The average molecular weight is 297 g/mol. The Bertz CT molecular complexity index is 582. The van der Waals surface area contributed by atoms with Gasteiger partial charge in [0.15, 0.2) is 0 Å². The molecule has 0 aromatic carbocycles. The highest BCUT2D eigenvalue weighted by Crippen LogP contribution is 2.18. The highest BCUT2D eigenvalue weighted by molar-refractivity contribution is 7.89. The van der Waals surface area contributed by atoms with E-state index in [1.807, 2.05) is 25.5 Å². The molecule has 0 bridgehead atoms. The van der Waals surface area contributed by atoms with Crippen molar-refractivity contribution in [3.63, 3.8) is 0 Å². The van der Waals surface area contributed by atoms with E-state index < -0.39 is 10.0 Å². The van der Waals surface area contributed by atoms with Gasteiger partial charge in [0.2, 0.25) is 10.0 Å². The molecule has 0 aliphatic carbocycles. The zero-order chi connectivity index (χ0) is 15.3. The lowest BCUT2D eigenvalue weighted by molar-refractivity contribution is 0.464. The summed E-state index contributed by atoms with van der Waals surface area (Å²) in [6, 6.07) is 2.04. The SMILES string of the molecule is C#CCN(CC)S(=O)(=O)c1cc(CNC(C)C)n(C)c1. The van der Waals surface area contributed by atoms with Gasteiger partial charge in [-0.1, -0.05) is 26.7 Å². The van der Waals surface area contributed by atoms with Crippen LogP contribution in [0.15, 0.2) is 17.2 Å². The van der Waals surface area contributed by atoms with Gasteiger partial charge in [-0.3, -0.25) is 0 Å². The third kappa shape index (κ3) is 3.85. The van der Waals surface area contributed by atoms with Crippen molar-refractivity contribution in [3.05, 3.63) is 18.0 Å². The molecule has 20 heavy (non-hydrogen) atoms. The van der Waals surface area contributed by atoms with Gasteiger partial charge >= 0.3 is 0 Å². The summed E-state index contributed by atoms with van der Waals surface area (Å²) < 4.78 is 28.0. The fourth-order valence-corrected chi connectivity index (χ4v) is 3.28. The summed E-state index contributed by atoms with van der Waals surface area (Å²) in [6.07, 6.45) is 6.86. The second-order valence-corrected chi connectivity index (χ2v) is 6.89. The Balaban J connectivity index is 3.02. The minimum absolute atomic E-state index is 0.0906. The van der Waals surface area contributed by atoms with E-state index in [9.17, 15) is 8.42 Å². The fraction of sp³-hybridized carbons (Fsp3) is 0.571. The first-order valence-electron chi connectivity index (χ1n) is 6.65. The molecule has 0 saturated heterocycles. The number of nitrogens with zero attached hydrogens (tertiary/aromatic N) is 2. The van der Waals surface area contributed by atoms with E-state index in [0.717, 1.165) is 5.69 Å². The minimum Gasteiger partial charge on any atom is -0.352 e. The number of nitrogens with one attached hydrogen (secondary N) is 1. The maximum absolute atomic E-state index is 12.5. The summed E-state index contributed by atoms with van der Waals surface area (Å²) in [5.41, 5.74) is 0.925. The maximum Gasteiger partial charge on any atom is 0.245 e. The van der Waals surface area contributed by atoms with E-state index in [4.69, 9.17) is 6.42 Å². The Morgan fingerprint density at radius 1 is 1.50 bits per heavy atom. The second kappa shape index (κ2) is 6.93. The third-order valence-electron chi connectivity index (χ3n) is 3.03. The molecule has 1 N–H and O–H groups in total. The molecule has 0 unspecified atom stereocenters. The van der Waals surface area contributed by atoms with Crippen LogP contribution >= 0.6 is 0 Å². The first kappa shape index (κ1) is 16.8. The quantitative estimate of drug-likeness (QED) is 0.769. The van der Waals surface area contributed by atoms with E-state index in [2.05, 4.69) is 11.2 Å². The van der Waals surface area contributed by atoms with Gasteiger partial charge in [-0.2, -0.15) is 4.31 Å². The van der Waals surface area contributed by atoms with Gasteiger partial charge in [0.1, 0.15) is 4.90 Å². The van der Waals surface area contributed by atoms with Crippen molar-refractivity contribution in [2.75, 3.05) is 13.1 Å². The summed E-state index contributed by atoms with van der Waals surface area (Å²) in [5.74, 6) is 2.38. The Morgan fingerprint density at radius 2 is 2.15 bits per heavy atom. The van der Waals surface area contributed by atoms with Gasteiger partial charge in [0.25, 0.3) is 0 Å². The molecular weight excluding hydrogens is 274 g/mol. The van der Waals surface area contributed by atoms with Crippen LogP contribution in [0.3, 0.4) is 0 Å². The van der Waals surface area contributed by atoms with E-state index >= 15 is 0 Å². The first-order valence-corrected chi connectivity index (χ1v) is 8.09. The number of sulfonamides is 1. The van der Waals surface area contributed by atoms with Gasteiger partial charge < -0.3 is 9.88 Å². The molecule has 0 aliphatic rings. The van der Waals surface area contributed by atoms with Crippen LogP contribution in [0.2, 0.25) is 0 Å². The lowest BCUT2D eigenvalue weighted by atomic mass is 10.3. The molecule has 1 aromatic heterocycles. The van der Waals surface area contributed by atoms with Crippen molar-refractivity contribution >= 4 is 10.0 Å². The van der Waals surface area contributed by atoms with E-state index in [1.165, 1.54) is 4.31 Å². The predicted molar refractivity (Wildman–Crippen MR) is 80.7 cm³/mol. The van der Waals surface area contributed by atoms with Crippen LogP contribution in [0.5, 0.6) is 0 Å². The number of hydrogen-bond donors (Lipinski definition) is 1. The van der Waals surface area contributed by atoms with Crippen LogP contribution in [-0.4, -0.2) is 36.4 Å². The van der Waals surface area contributed by atoms with Crippen LogP contribution in [-0.2, 0) is 23.6 Å². The molecule has 112 valence electrons. The van der Waals surface area contributed by atoms with Crippen LogP contribution < -0.4 is 5.32 Å². The topological polar surface area (TPSA) is 54.3 Å². The normalized spacial score (nSPS) is 12.1. The molecule has 0 aliphatic heterocycles. The van der Waals surface area contributed by atoms with Gasteiger partial charge in [-0.25, -0.2) is 8.42 Å². The van der Waals surface area contributed by atoms with Crippen molar-refractivity contribution in [1.82, 2.24) is 14.2 Å². The summed E-state index contributed by atoms with van der Waals surface area (Å²) in [5, 5.41) is 3.27. The number of aryl methyl sites for hydroxylation is 1. The lowest BCUT2D eigenvalue weighted by Crippen LogP contribution is -2.31. The van der Waals surface area contributed by atoms with Crippen molar-refractivity contribution < 1.29 is 8.42 Å². The molecule has 0 atom stereocenters. The number of terminal acetylenes is 1. The number of aromatic nitrogens is 1. The molecule has 0 amide bonds. The monoisotopic (exact) mass is 297 g/mol. The Hall–Kier alpha value is -1.29. The smallest absolute Gasteiger partial charge is 0.245 e. The van der Waals surface area contributed by atoms with Crippen molar-refractivity contribution in [1.29, 1.82) is 0 Å². The third-order valence-corrected chi connectivity index (χ3v) is 4.92. The van der Waals surface area contributed by atoms with Crippen molar-refractivity contribution in [2.24, 2.45) is 7.05 Å². The Labute approximate surface area is 122 Å². The van der Waals surface area contributed by atoms with Gasteiger partial charge in [0.05, 0.1) is 6.54 Å². The Morgan fingerprint density at radius 3 is 2.65 bits per heavy atom. The lowest BCUT2D eigenvalue weighted by Gasteiger charge is -2.16. The molecule has 0 radical (unpaired) electrons. The van der Waals surface area contributed by atoms with Crippen LogP contribution in [0.4, 0.5) is 0 Å². The molecule has 0 saturated carbocycles. The summed E-state index contributed by atoms with van der Waals surface area (Å²) >= 11 is 0. The molecule has 1 aromatic rings. The van der Waals surface area contributed by atoms with Crippen molar-refractivity contribution in [3.8, 4) is 12.3 Å². The highest BCUT2D eigenvalue weighted by Gasteiger charge is 2.24. The largest absolute Gasteiger partial charge is 0.352 e. The molecular formula is C14H23N3O2S. The van der Waals surface area contributed by atoms with Crippen molar-refractivity contribution in [2.45, 2.75) is 38.3 Å². The zero-order valence-electron chi connectivity index (χ0n) is 12.5. The zero-order valence-corrected chi connectivity index (χ0v) is 13.4. The number of hydrogen-bond acceptors (Lipinski definition) is 3. The molecule has 0 spiro atoms. The maximum atomic E-state index is 12.5. The second-order valence-electron chi connectivity index (χ2n) is 4.95. The molecule has 1 heterocycles. The fourth-order valence-electron chi connectivity index (χ4n) is 1.82. The predicted octanol–water partition coefficient (Wildman–Crippen LogP) is 1.17. The number of rotatable bonds is 7. The highest BCUT2D eigenvalue weighted by atomic mass is 32.2.